The first-order chi connectivity index (χ1) is 13.2. The van der Waals surface area contributed by atoms with Crippen molar-refractivity contribution >= 4 is 22.7 Å². The summed E-state index contributed by atoms with van der Waals surface area (Å²) in [6, 6.07) is 21.2. The van der Waals surface area contributed by atoms with E-state index in [1.54, 1.807) is 0 Å². The number of anilines is 2. The van der Waals surface area contributed by atoms with E-state index >= 15 is 0 Å². The number of fused-ring (bicyclic) bond motifs is 2. The van der Waals surface area contributed by atoms with Gasteiger partial charge in [0.05, 0.1) is 12.1 Å². The van der Waals surface area contributed by atoms with Gasteiger partial charge in [0.1, 0.15) is 5.82 Å². The van der Waals surface area contributed by atoms with Gasteiger partial charge in [-0.1, -0.05) is 54.6 Å². The van der Waals surface area contributed by atoms with Gasteiger partial charge in [-0.05, 0) is 40.5 Å². The molecule has 2 heterocycles. The number of nitrogen functional groups attached to an aromatic ring is 1. The van der Waals surface area contributed by atoms with Crippen LogP contribution in [0.15, 0.2) is 66.7 Å². The summed E-state index contributed by atoms with van der Waals surface area (Å²) in [5.74, 6) is 0.626. The Morgan fingerprint density at radius 1 is 1.00 bits per heavy atom. The molecular formula is C21H18FN5. The standard InChI is InChI=1S/C21H18FN5/c22-15-10-8-14(9-11-15)18-12-19(27-21(24-18)25-20(23)26-27)17-7-3-5-13-4-1-2-6-16(13)17/h1-11,18-19H,12H2,(H3,23,24,25,26)/t18-,19+/m1/s1. The lowest BCUT2D eigenvalue weighted by molar-refractivity contribution is 0.433. The Kier molecular flexibility index (Phi) is 3.57. The Morgan fingerprint density at radius 3 is 2.63 bits per heavy atom. The van der Waals surface area contributed by atoms with Gasteiger partial charge in [-0.3, -0.25) is 0 Å². The molecule has 0 aliphatic carbocycles. The largest absolute Gasteiger partial charge is 0.366 e. The van der Waals surface area contributed by atoms with E-state index in [2.05, 4.69) is 45.7 Å². The van der Waals surface area contributed by atoms with E-state index in [9.17, 15) is 4.39 Å². The lowest BCUT2D eigenvalue weighted by Gasteiger charge is -2.32. The smallest absolute Gasteiger partial charge is 0.241 e. The minimum atomic E-state index is -0.243. The molecule has 1 aromatic heterocycles. The van der Waals surface area contributed by atoms with Crippen LogP contribution < -0.4 is 11.1 Å². The fourth-order valence-electron chi connectivity index (χ4n) is 3.91. The summed E-state index contributed by atoms with van der Waals surface area (Å²) in [7, 11) is 0. The van der Waals surface area contributed by atoms with Crippen molar-refractivity contribution in [2.75, 3.05) is 11.1 Å². The molecule has 4 aromatic rings. The maximum atomic E-state index is 13.3. The Bertz CT molecular complexity index is 1110. The molecule has 0 saturated carbocycles. The van der Waals surface area contributed by atoms with Crippen LogP contribution in [0.1, 0.15) is 29.6 Å². The summed E-state index contributed by atoms with van der Waals surface area (Å²) in [5, 5.41) is 10.2. The Balaban J connectivity index is 1.64. The van der Waals surface area contributed by atoms with Crippen LogP contribution in [0.5, 0.6) is 0 Å². The highest BCUT2D eigenvalue weighted by Gasteiger charge is 2.31. The molecule has 27 heavy (non-hydrogen) atoms. The quantitative estimate of drug-likeness (QED) is 0.560. The van der Waals surface area contributed by atoms with E-state index in [1.807, 2.05) is 28.9 Å². The number of nitrogens with two attached hydrogens (primary N) is 1. The zero-order valence-corrected chi connectivity index (χ0v) is 14.5. The van der Waals surface area contributed by atoms with Crippen molar-refractivity contribution < 1.29 is 4.39 Å². The Hall–Kier alpha value is -3.41. The molecule has 1 aliphatic rings. The van der Waals surface area contributed by atoms with Crippen LogP contribution in [0.2, 0.25) is 0 Å². The fourth-order valence-corrected chi connectivity index (χ4v) is 3.91. The van der Waals surface area contributed by atoms with Gasteiger partial charge in [-0.2, -0.15) is 4.98 Å². The molecule has 0 spiro atoms. The average molecular weight is 359 g/mol. The Morgan fingerprint density at radius 2 is 1.78 bits per heavy atom. The molecule has 3 aromatic carbocycles. The van der Waals surface area contributed by atoms with Gasteiger partial charge < -0.3 is 11.1 Å². The van der Waals surface area contributed by atoms with Crippen molar-refractivity contribution in [3.8, 4) is 0 Å². The van der Waals surface area contributed by atoms with Crippen molar-refractivity contribution in [1.29, 1.82) is 0 Å². The zero-order valence-electron chi connectivity index (χ0n) is 14.5. The van der Waals surface area contributed by atoms with Crippen LogP contribution in [0, 0.1) is 5.82 Å². The van der Waals surface area contributed by atoms with Gasteiger partial charge >= 0.3 is 0 Å². The van der Waals surface area contributed by atoms with Crippen LogP contribution in [0.4, 0.5) is 16.3 Å². The summed E-state index contributed by atoms with van der Waals surface area (Å²) in [4.78, 5) is 4.34. The van der Waals surface area contributed by atoms with Gasteiger partial charge in [-0.15, -0.1) is 5.10 Å². The van der Waals surface area contributed by atoms with Crippen LogP contribution in [0.25, 0.3) is 10.8 Å². The fraction of sp³-hybridized carbons (Fsp3) is 0.143. The molecule has 5 nitrogen and oxygen atoms in total. The minimum Gasteiger partial charge on any atom is -0.366 e. The van der Waals surface area contributed by atoms with Crippen molar-refractivity contribution in [3.63, 3.8) is 0 Å². The SMILES string of the molecule is Nc1nc2n(n1)[C@H](c1cccc3ccccc13)C[C@H](c1ccc(F)cc1)N2. The van der Waals surface area contributed by atoms with Gasteiger partial charge in [0.2, 0.25) is 11.9 Å². The van der Waals surface area contributed by atoms with E-state index in [1.165, 1.54) is 28.5 Å². The third-order valence-electron chi connectivity index (χ3n) is 5.16. The molecule has 0 bridgehead atoms. The maximum absolute atomic E-state index is 13.3. The van der Waals surface area contributed by atoms with Crippen molar-refractivity contribution in [1.82, 2.24) is 14.8 Å². The van der Waals surface area contributed by atoms with Crippen LogP contribution in [0.3, 0.4) is 0 Å². The number of hydrogen-bond donors (Lipinski definition) is 2. The average Bonchev–Trinajstić information content (AvgIpc) is 3.07. The summed E-state index contributed by atoms with van der Waals surface area (Å²) in [6.07, 6.45) is 0.759. The van der Waals surface area contributed by atoms with Crippen molar-refractivity contribution in [2.24, 2.45) is 0 Å². The number of aromatic nitrogens is 3. The van der Waals surface area contributed by atoms with E-state index in [0.717, 1.165) is 12.0 Å². The van der Waals surface area contributed by atoms with E-state index < -0.39 is 0 Å². The van der Waals surface area contributed by atoms with E-state index in [-0.39, 0.29) is 23.8 Å². The summed E-state index contributed by atoms with van der Waals surface area (Å²) < 4.78 is 15.2. The Labute approximate surface area is 155 Å². The predicted octanol–water partition coefficient (Wildman–Crippen LogP) is 4.30. The first-order valence-corrected chi connectivity index (χ1v) is 8.91. The molecule has 6 heteroatoms. The lowest BCUT2D eigenvalue weighted by atomic mass is 9.90. The summed E-state index contributed by atoms with van der Waals surface area (Å²) in [5.41, 5.74) is 8.07. The molecule has 2 atom stereocenters. The van der Waals surface area contributed by atoms with Crippen molar-refractivity contribution in [2.45, 2.75) is 18.5 Å². The van der Waals surface area contributed by atoms with Gasteiger partial charge in [0.15, 0.2) is 0 Å². The first kappa shape index (κ1) is 15.8. The highest BCUT2D eigenvalue weighted by atomic mass is 19.1. The highest BCUT2D eigenvalue weighted by molar-refractivity contribution is 5.86. The number of rotatable bonds is 2. The topological polar surface area (TPSA) is 68.8 Å². The maximum Gasteiger partial charge on any atom is 0.241 e. The van der Waals surface area contributed by atoms with Crippen LogP contribution >= 0.6 is 0 Å². The van der Waals surface area contributed by atoms with Crippen molar-refractivity contribution in [3.05, 3.63) is 83.7 Å². The normalized spacial score (nSPS) is 18.9. The van der Waals surface area contributed by atoms with Crippen LogP contribution in [-0.4, -0.2) is 14.8 Å². The minimum absolute atomic E-state index is 0.00864. The van der Waals surface area contributed by atoms with Gasteiger partial charge in [-0.25, -0.2) is 9.07 Å². The second-order valence-corrected chi connectivity index (χ2v) is 6.81. The molecule has 0 radical (unpaired) electrons. The lowest BCUT2D eigenvalue weighted by Crippen LogP contribution is -2.28. The van der Waals surface area contributed by atoms with Gasteiger partial charge in [0, 0.05) is 0 Å². The third-order valence-corrected chi connectivity index (χ3v) is 5.16. The molecule has 3 N–H and O–H groups in total. The second-order valence-electron chi connectivity index (χ2n) is 6.81. The highest BCUT2D eigenvalue weighted by Crippen LogP contribution is 2.40. The molecule has 5 rings (SSSR count). The van der Waals surface area contributed by atoms with E-state index in [4.69, 9.17) is 5.73 Å². The second kappa shape index (κ2) is 6.09. The predicted molar refractivity (Wildman–Crippen MR) is 104 cm³/mol. The molecule has 134 valence electrons. The molecular weight excluding hydrogens is 341 g/mol. The number of benzene rings is 3. The zero-order chi connectivity index (χ0) is 18.4. The third kappa shape index (κ3) is 2.70. The molecule has 0 amide bonds. The van der Waals surface area contributed by atoms with E-state index in [0.29, 0.717) is 5.95 Å². The molecule has 0 fully saturated rings. The molecule has 1 aliphatic heterocycles. The number of hydrogen-bond acceptors (Lipinski definition) is 4. The molecule has 0 saturated heterocycles. The molecule has 0 unspecified atom stereocenters. The first-order valence-electron chi connectivity index (χ1n) is 8.91. The number of nitrogens with zero attached hydrogens (tertiary/aromatic N) is 3. The monoisotopic (exact) mass is 359 g/mol. The summed E-state index contributed by atoms with van der Waals surface area (Å²) >= 11 is 0. The van der Waals surface area contributed by atoms with Crippen LogP contribution in [-0.2, 0) is 0 Å². The number of nitrogens with one attached hydrogen (secondary N) is 1. The number of halogens is 1. The van der Waals surface area contributed by atoms with Gasteiger partial charge in [0.25, 0.3) is 0 Å². The summed E-state index contributed by atoms with van der Waals surface area (Å²) in [6.45, 7) is 0.